The van der Waals surface area contributed by atoms with Crippen molar-refractivity contribution in [2.24, 2.45) is 0 Å². The van der Waals surface area contributed by atoms with Gasteiger partial charge in [-0.2, -0.15) is 0 Å². The molecular weight excluding hydrogens is 214 g/mol. The number of hydrogen-bond donors (Lipinski definition) is 2. The van der Waals surface area contributed by atoms with Gasteiger partial charge in [-0.25, -0.2) is 0 Å². The minimum absolute atomic E-state index is 0.0234. The van der Waals surface area contributed by atoms with Gasteiger partial charge in [-0.15, -0.1) is 0 Å². The van der Waals surface area contributed by atoms with Crippen LogP contribution in [0.1, 0.15) is 31.9 Å². The van der Waals surface area contributed by atoms with E-state index in [0.29, 0.717) is 0 Å². The Morgan fingerprint density at radius 2 is 1.94 bits per heavy atom. The van der Waals surface area contributed by atoms with Crippen molar-refractivity contribution in [3.63, 3.8) is 0 Å². The molecule has 96 valence electrons. The minimum Gasteiger partial charge on any atom is -0.394 e. The van der Waals surface area contributed by atoms with Gasteiger partial charge in [0.25, 0.3) is 0 Å². The molecule has 1 atom stereocenters. The van der Waals surface area contributed by atoms with Gasteiger partial charge >= 0.3 is 0 Å². The van der Waals surface area contributed by atoms with Gasteiger partial charge in [0.05, 0.1) is 18.8 Å². The Labute approximate surface area is 104 Å². The van der Waals surface area contributed by atoms with Gasteiger partial charge < -0.3 is 15.2 Å². The SMILES string of the molecule is CC(C)OCCCNC(CO)c1ccccc1. The molecule has 1 unspecified atom stereocenters. The number of rotatable bonds is 8. The van der Waals surface area contributed by atoms with Crippen LogP contribution in [-0.4, -0.2) is 31.0 Å². The largest absolute Gasteiger partial charge is 0.394 e. The summed E-state index contributed by atoms with van der Waals surface area (Å²) in [5.74, 6) is 0. The lowest BCUT2D eigenvalue weighted by molar-refractivity contribution is 0.0762. The molecule has 3 nitrogen and oxygen atoms in total. The Bertz CT molecular complexity index is 288. The number of nitrogens with one attached hydrogen (secondary N) is 1. The highest BCUT2D eigenvalue weighted by molar-refractivity contribution is 5.18. The van der Waals surface area contributed by atoms with Crippen molar-refractivity contribution >= 4 is 0 Å². The second kappa shape index (κ2) is 8.23. The summed E-state index contributed by atoms with van der Waals surface area (Å²) >= 11 is 0. The summed E-state index contributed by atoms with van der Waals surface area (Å²) in [6.45, 7) is 5.81. The third-order valence-electron chi connectivity index (χ3n) is 2.55. The molecule has 0 bridgehead atoms. The van der Waals surface area contributed by atoms with Gasteiger partial charge in [0, 0.05) is 6.61 Å². The molecule has 0 aliphatic carbocycles. The Kier molecular flexibility index (Phi) is 6.86. The van der Waals surface area contributed by atoms with Crippen molar-refractivity contribution < 1.29 is 9.84 Å². The first kappa shape index (κ1) is 14.2. The minimum atomic E-state index is 0.0234. The van der Waals surface area contributed by atoms with Crippen LogP contribution in [0.25, 0.3) is 0 Å². The summed E-state index contributed by atoms with van der Waals surface area (Å²) in [7, 11) is 0. The van der Waals surface area contributed by atoms with E-state index in [0.717, 1.165) is 25.1 Å². The Hall–Kier alpha value is -0.900. The van der Waals surface area contributed by atoms with Crippen LogP contribution < -0.4 is 5.32 Å². The number of hydrogen-bond acceptors (Lipinski definition) is 3. The molecule has 0 saturated heterocycles. The van der Waals surface area contributed by atoms with Crippen LogP contribution in [0.5, 0.6) is 0 Å². The fourth-order valence-electron chi connectivity index (χ4n) is 1.64. The summed E-state index contributed by atoms with van der Waals surface area (Å²) < 4.78 is 5.46. The highest BCUT2D eigenvalue weighted by Crippen LogP contribution is 2.11. The van der Waals surface area contributed by atoms with Crippen molar-refractivity contribution in [2.75, 3.05) is 19.8 Å². The summed E-state index contributed by atoms with van der Waals surface area (Å²) in [4.78, 5) is 0. The molecule has 0 fully saturated rings. The average molecular weight is 237 g/mol. The predicted molar refractivity (Wildman–Crippen MR) is 70.0 cm³/mol. The van der Waals surface area contributed by atoms with Crippen LogP contribution in [0, 0.1) is 0 Å². The van der Waals surface area contributed by atoms with Crippen LogP contribution in [0.4, 0.5) is 0 Å². The average Bonchev–Trinajstić information content (AvgIpc) is 2.34. The van der Waals surface area contributed by atoms with Crippen LogP contribution in [0.3, 0.4) is 0 Å². The molecule has 1 aromatic rings. The van der Waals surface area contributed by atoms with Crippen LogP contribution in [-0.2, 0) is 4.74 Å². The maximum absolute atomic E-state index is 9.33. The molecule has 0 heterocycles. The molecule has 0 aromatic heterocycles. The van der Waals surface area contributed by atoms with Crippen LogP contribution >= 0.6 is 0 Å². The Balaban J connectivity index is 2.24. The van der Waals surface area contributed by atoms with Gasteiger partial charge in [0.2, 0.25) is 0 Å². The summed E-state index contributed by atoms with van der Waals surface area (Å²) in [5, 5.41) is 12.7. The first-order valence-electron chi connectivity index (χ1n) is 6.25. The summed E-state index contributed by atoms with van der Waals surface area (Å²) in [6, 6.07) is 10.0. The molecule has 0 radical (unpaired) electrons. The van der Waals surface area contributed by atoms with Gasteiger partial charge in [0.1, 0.15) is 0 Å². The number of aliphatic hydroxyl groups excluding tert-OH is 1. The lowest BCUT2D eigenvalue weighted by atomic mass is 10.1. The summed E-state index contributed by atoms with van der Waals surface area (Å²) in [6.07, 6.45) is 1.25. The monoisotopic (exact) mass is 237 g/mol. The van der Waals surface area contributed by atoms with E-state index in [1.807, 2.05) is 44.2 Å². The zero-order valence-electron chi connectivity index (χ0n) is 10.7. The third kappa shape index (κ3) is 5.82. The quantitative estimate of drug-likeness (QED) is 0.681. The van der Waals surface area contributed by atoms with E-state index in [1.54, 1.807) is 0 Å². The topological polar surface area (TPSA) is 41.5 Å². The van der Waals surface area contributed by atoms with Gasteiger partial charge in [-0.3, -0.25) is 0 Å². The molecule has 0 saturated carbocycles. The van der Waals surface area contributed by atoms with Crippen LogP contribution in [0.15, 0.2) is 30.3 Å². The van der Waals surface area contributed by atoms with E-state index in [4.69, 9.17) is 4.74 Å². The smallest absolute Gasteiger partial charge is 0.0626 e. The molecule has 1 rings (SSSR count). The Morgan fingerprint density at radius 1 is 1.24 bits per heavy atom. The van der Waals surface area contributed by atoms with Gasteiger partial charge in [-0.1, -0.05) is 30.3 Å². The zero-order valence-corrected chi connectivity index (χ0v) is 10.7. The maximum Gasteiger partial charge on any atom is 0.0626 e. The lowest BCUT2D eigenvalue weighted by Crippen LogP contribution is -2.26. The van der Waals surface area contributed by atoms with E-state index in [9.17, 15) is 5.11 Å². The molecule has 1 aromatic carbocycles. The van der Waals surface area contributed by atoms with Crippen molar-refractivity contribution in [3.05, 3.63) is 35.9 Å². The van der Waals surface area contributed by atoms with E-state index < -0.39 is 0 Å². The highest BCUT2D eigenvalue weighted by atomic mass is 16.5. The first-order chi connectivity index (χ1) is 8.24. The normalized spacial score (nSPS) is 12.9. The van der Waals surface area contributed by atoms with E-state index in [2.05, 4.69) is 5.32 Å². The Morgan fingerprint density at radius 3 is 2.53 bits per heavy atom. The van der Waals surface area contributed by atoms with Crippen LogP contribution in [0.2, 0.25) is 0 Å². The van der Waals surface area contributed by atoms with Crippen molar-refractivity contribution in [3.8, 4) is 0 Å². The van der Waals surface area contributed by atoms with Crippen molar-refractivity contribution in [1.82, 2.24) is 5.32 Å². The molecule has 17 heavy (non-hydrogen) atoms. The molecular formula is C14H23NO2. The molecule has 2 N–H and O–H groups in total. The zero-order chi connectivity index (χ0) is 12.5. The number of aliphatic hydroxyl groups is 1. The van der Waals surface area contributed by atoms with E-state index in [1.165, 1.54) is 0 Å². The molecule has 0 amide bonds. The van der Waals surface area contributed by atoms with Crippen molar-refractivity contribution in [2.45, 2.75) is 32.4 Å². The number of ether oxygens (including phenoxy) is 1. The second-order valence-corrected chi connectivity index (χ2v) is 4.37. The molecule has 0 aliphatic heterocycles. The highest BCUT2D eigenvalue weighted by Gasteiger charge is 2.08. The molecule has 0 spiro atoms. The molecule has 3 heteroatoms. The fraction of sp³-hybridized carbons (Fsp3) is 0.571. The van der Waals surface area contributed by atoms with Crippen molar-refractivity contribution in [1.29, 1.82) is 0 Å². The van der Waals surface area contributed by atoms with E-state index >= 15 is 0 Å². The third-order valence-corrected chi connectivity index (χ3v) is 2.55. The summed E-state index contributed by atoms with van der Waals surface area (Å²) in [5.41, 5.74) is 1.12. The van der Waals surface area contributed by atoms with Gasteiger partial charge in [0.15, 0.2) is 0 Å². The predicted octanol–water partition coefficient (Wildman–Crippen LogP) is 2.12. The molecule has 0 aliphatic rings. The number of benzene rings is 1. The first-order valence-corrected chi connectivity index (χ1v) is 6.25. The van der Waals surface area contributed by atoms with E-state index in [-0.39, 0.29) is 18.8 Å². The van der Waals surface area contributed by atoms with Gasteiger partial charge in [-0.05, 0) is 32.4 Å². The standard InChI is InChI=1S/C14H23NO2/c1-12(2)17-10-6-9-15-14(11-16)13-7-4-3-5-8-13/h3-5,7-8,12,14-16H,6,9-11H2,1-2H3. The fourth-order valence-corrected chi connectivity index (χ4v) is 1.64. The maximum atomic E-state index is 9.33. The second-order valence-electron chi connectivity index (χ2n) is 4.37. The lowest BCUT2D eigenvalue weighted by Gasteiger charge is -2.16.